The average molecular weight is 314 g/mol. The molecule has 0 saturated carbocycles. The number of carbonyl (C=O) groups is 2. The van der Waals surface area contributed by atoms with Crippen LogP contribution in [0.4, 0.5) is 0 Å². The molecule has 0 aliphatic heterocycles. The molecule has 0 unspecified atom stereocenters. The van der Waals surface area contributed by atoms with E-state index in [9.17, 15) is 9.59 Å². The molecule has 2 rings (SSSR count). The van der Waals surface area contributed by atoms with Crippen molar-refractivity contribution in [3.8, 4) is 17.2 Å². The molecule has 0 aromatic heterocycles. The number of rotatable bonds is 7. The summed E-state index contributed by atoms with van der Waals surface area (Å²) < 4.78 is 15.7. The number of esters is 1. The smallest absolute Gasteiger partial charge is 0.305 e. The minimum absolute atomic E-state index is 0.257. The summed E-state index contributed by atoms with van der Waals surface area (Å²) in [7, 11) is 2.93. The van der Waals surface area contributed by atoms with E-state index < -0.39 is 0 Å². The Morgan fingerprint density at radius 2 is 1.78 bits per heavy atom. The fraction of sp³-hybridized carbons (Fsp3) is 0.222. The Balaban J connectivity index is 2.17. The van der Waals surface area contributed by atoms with Gasteiger partial charge in [0.25, 0.3) is 0 Å². The van der Waals surface area contributed by atoms with Gasteiger partial charge in [-0.15, -0.1) is 0 Å². The van der Waals surface area contributed by atoms with Crippen LogP contribution in [-0.2, 0) is 16.0 Å². The van der Waals surface area contributed by atoms with Crippen LogP contribution >= 0.6 is 0 Å². The Hall–Kier alpha value is -2.82. The topological polar surface area (TPSA) is 61.8 Å². The van der Waals surface area contributed by atoms with E-state index in [0.29, 0.717) is 35.7 Å². The lowest BCUT2D eigenvalue weighted by atomic mass is 10.1. The molecule has 0 radical (unpaired) electrons. The highest BCUT2D eigenvalue weighted by molar-refractivity contribution is 5.74. The van der Waals surface area contributed by atoms with Gasteiger partial charge in [-0.3, -0.25) is 9.59 Å². The largest absolute Gasteiger partial charge is 0.493 e. The molecule has 0 saturated heterocycles. The number of aryl methyl sites for hydroxylation is 1. The zero-order valence-corrected chi connectivity index (χ0v) is 13.1. The third-order valence-corrected chi connectivity index (χ3v) is 3.32. The van der Waals surface area contributed by atoms with E-state index in [1.165, 1.54) is 7.11 Å². The fourth-order valence-electron chi connectivity index (χ4n) is 2.05. The zero-order valence-electron chi connectivity index (χ0n) is 13.1. The van der Waals surface area contributed by atoms with Gasteiger partial charge in [0.15, 0.2) is 11.5 Å². The summed E-state index contributed by atoms with van der Waals surface area (Å²) in [6.07, 6.45) is 1.63. The van der Waals surface area contributed by atoms with Crippen LogP contribution in [0.25, 0.3) is 0 Å². The van der Waals surface area contributed by atoms with Crippen molar-refractivity contribution in [2.45, 2.75) is 12.8 Å². The first-order chi connectivity index (χ1) is 11.2. The van der Waals surface area contributed by atoms with Gasteiger partial charge in [0.1, 0.15) is 12.0 Å². The maximum Gasteiger partial charge on any atom is 0.305 e. The van der Waals surface area contributed by atoms with Crippen molar-refractivity contribution < 1.29 is 23.8 Å². The molecule has 0 spiro atoms. The van der Waals surface area contributed by atoms with Crippen molar-refractivity contribution in [1.29, 1.82) is 0 Å². The van der Waals surface area contributed by atoms with Crippen LogP contribution in [-0.4, -0.2) is 26.5 Å². The van der Waals surface area contributed by atoms with E-state index in [2.05, 4.69) is 4.74 Å². The summed E-state index contributed by atoms with van der Waals surface area (Å²) in [6.45, 7) is 0. The Morgan fingerprint density at radius 1 is 1.04 bits per heavy atom. The molecule has 5 nitrogen and oxygen atoms in total. The molecule has 0 N–H and O–H groups in total. The van der Waals surface area contributed by atoms with Crippen LogP contribution in [0.2, 0.25) is 0 Å². The van der Waals surface area contributed by atoms with Crippen LogP contribution < -0.4 is 9.47 Å². The van der Waals surface area contributed by atoms with E-state index in [-0.39, 0.29) is 5.97 Å². The minimum atomic E-state index is -0.257. The molecule has 120 valence electrons. The molecule has 2 aromatic rings. The van der Waals surface area contributed by atoms with Crippen LogP contribution in [0, 0.1) is 0 Å². The molecule has 0 atom stereocenters. The second-order valence-electron chi connectivity index (χ2n) is 4.85. The molecule has 0 heterocycles. The Kier molecular flexibility index (Phi) is 5.74. The van der Waals surface area contributed by atoms with Crippen molar-refractivity contribution >= 4 is 12.3 Å². The van der Waals surface area contributed by atoms with Gasteiger partial charge in [-0.2, -0.15) is 0 Å². The number of methoxy groups -OCH3 is 2. The number of carbonyl (C=O) groups excluding carboxylic acids is 2. The van der Waals surface area contributed by atoms with Gasteiger partial charge in [-0.1, -0.05) is 6.07 Å². The van der Waals surface area contributed by atoms with Gasteiger partial charge in [-0.25, -0.2) is 0 Å². The third-order valence-electron chi connectivity index (χ3n) is 3.32. The van der Waals surface area contributed by atoms with Crippen LogP contribution in [0.15, 0.2) is 42.5 Å². The molecular formula is C18H18O5. The molecule has 0 bridgehead atoms. The molecule has 0 aliphatic rings. The quantitative estimate of drug-likeness (QED) is 0.579. The highest BCUT2D eigenvalue weighted by Crippen LogP contribution is 2.32. The third kappa shape index (κ3) is 4.57. The van der Waals surface area contributed by atoms with Gasteiger partial charge < -0.3 is 14.2 Å². The summed E-state index contributed by atoms with van der Waals surface area (Å²) in [4.78, 5) is 21.9. The molecule has 23 heavy (non-hydrogen) atoms. The first kappa shape index (κ1) is 16.5. The normalized spacial score (nSPS) is 10.0. The fourth-order valence-corrected chi connectivity index (χ4v) is 2.05. The van der Waals surface area contributed by atoms with Crippen LogP contribution in [0.3, 0.4) is 0 Å². The molecule has 0 fully saturated rings. The predicted octanol–water partition coefficient (Wildman–Crippen LogP) is 3.41. The summed E-state index contributed by atoms with van der Waals surface area (Å²) in [5.74, 6) is 1.48. The summed E-state index contributed by atoms with van der Waals surface area (Å²) in [5, 5.41) is 0. The zero-order chi connectivity index (χ0) is 16.7. The van der Waals surface area contributed by atoms with Crippen LogP contribution in [0.1, 0.15) is 22.3 Å². The first-order valence-corrected chi connectivity index (χ1v) is 7.13. The standard InChI is InChI=1S/C18H18O5/c1-21-16-9-5-13(6-10-18(20)22-2)11-17(16)23-15-7-3-14(12-19)4-8-15/h3-5,7-9,11-12H,6,10H2,1-2H3. The SMILES string of the molecule is COC(=O)CCc1ccc(OC)c(Oc2ccc(C=O)cc2)c1. The number of ether oxygens (including phenoxy) is 3. The van der Waals surface area contributed by atoms with E-state index in [1.54, 1.807) is 37.4 Å². The van der Waals surface area contributed by atoms with Gasteiger partial charge in [-0.05, 0) is 48.4 Å². The van der Waals surface area contributed by atoms with E-state index in [4.69, 9.17) is 9.47 Å². The summed E-state index contributed by atoms with van der Waals surface area (Å²) in [5.41, 5.74) is 1.52. The number of aldehydes is 1. The molecular weight excluding hydrogens is 296 g/mol. The number of hydrogen-bond donors (Lipinski definition) is 0. The lowest BCUT2D eigenvalue weighted by Gasteiger charge is -2.12. The molecule has 0 amide bonds. The minimum Gasteiger partial charge on any atom is -0.493 e. The maximum atomic E-state index is 11.2. The van der Waals surface area contributed by atoms with Crippen molar-refractivity contribution in [1.82, 2.24) is 0 Å². The first-order valence-electron chi connectivity index (χ1n) is 7.13. The van der Waals surface area contributed by atoms with E-state index >= 15 is 0 Å². The summed E-state index contributed by atoms with van der Waals surface area (Å²) >= 11 is 0. The highest BCUT2D eigenvalue weighted by atomic mass is 16.5. The van der Waals surface area contributed by atoms with Gasteiger partial charge >= 0.3 is 5.97 Å². The van der Waals surface area contributed by atoms with Gasteiger partial charge in [0.05, 0.1) is 14.2 Å². The van der Waals surface area contributed by atoms with Crippen molar-refractivity contribution in [2.24, 2.45) is 0 Å². The molecule has 2 aromatic carbocycles. The summed E-state index contributed by atoms with van der Waals surface area (Å²) in [6, 6.07) is 12.3. The highest BCUT2D eigenvalue weighted by Gasteiger charge is 2.09. The Morgan fingerprint density at radius 3 is 2.39 bits per heavy atom. The second kappa shape index (κ2) is 7.98. The van der Waals surface area contributed by atoms with E-state index in [0.717, 1.165) is 11.8 Å². The van der Waals surface area contributed by atoms with Gasteiger partial charge in [0.2, 0.25) is 0 Å². The number of benzene rings is 2. The lowest BCUT2D eigenvalue weighted by molar-refractivity contribution is -0.140. The van der Waals surface area contributed by atoms with Gasteiger partial charge in [0, 0.05) is 12.0 Å². The second-order valence-corrected chi connectivity index (χ2v) is 4.85. The number of hydrogen-bond acceptors (Lipinski definition) is 5. The van der Waals surface area contributed by atoms with Crippen molar-refractivity contribution in [3.05, 3.63) is 53.6 Å². The molecule has 5 heteroatoms. The van der Waals surface area contributed by atoms with Crippen molar-refractivity contribution in [2.75, 3.05) is 14.2 Å². The van der Waals surface area contributed by atoms with Crippen LogP contribution in [0.5, 0.6) is 17.2 Å². The van der Waals surface area contributed by atoms with E-state index in [1.807, 2.05) is 12.1 Å². The average Bonchev–Trinajstić information content (AvgIpc) is 2.60. The predicted molar refractivity (Wildman–Crippen MR) is 85.2 cm³/mol. The van der Waals surface area contributed by atoms with Crippen molar-refractivity contribution in [3.63, 3.8) is 0 Å². The Bertz CT molecular complexity index is 676. The molecule has 0 aliphatic carbocycles. The lowest BCUT2D eigenvalue weighted by Crippen LogP contribution is -2.02. The monoisotopic (exact) mass is 314 g/mol. The maximum absolute atomic E-state index is 11.2. The Labute approximate surface area is 134 Å².